The normalized spacial score (nSPS) is 23.6. The van der Waals surface area contributed by atoms with Gasteiger partial charge in [0.15, 0.2) is 0 Å². The van der Waals surface area contributed by atoms with Crippen LogP contribution in [0.25, 0.3) is 11.1 Å². The summed E-state index contributed by atoms with van der Waals surface area (Å²) in [7, 11) is 1.68. The average Bonchev–Trinajstić information content (AvgIpc) is 3.20. The Balaban J connectivity index is 0.000000858. The Morgan fingerprint density at radius 2 is 1.55 bits per heavy atom. The second kappa shape index (κ2) is 12.0. The minimum Gasteiger partial charge on any atom is -0.497 e. The van der Waals surface area contributed by atoms with E-state index in [1.165, 1.54) is 42.9 Å². The number of rotatable bonds is 6. The number of piperidine rings is 1. The van der Waals surface area contributed by atoms with Crippen molar-refractivity contribution in [1.29, 1.82) is 0 Å². The molecule has 1 saturated heterocycles. The second-order valence-corrected chi connectivity index (χ2v) is 8.30. The lowest BCUT2D eigenvalue weighted by molar-refractivity contribution is -0.106. The summed E-state index contributed by atoms with van der Waals surface area (Å²) in [5.41, 5.74) is 3.54. The third kappa shape index (κ3) is 6.63. The largest absolute Gasteiger partial charge is 0.497 e. The fourth-order valence-corrected chi connectivity index (χ4v) is 4.52. The standard InChI is InChI=1S/C24H31NO3.C2H4O/c1-27-21-11-9-20(10-12-21)19-7-5-18(6-8-19)17-28-22-15-23(24(26)16-22)25-13-3-2-4-14-25;1-2-3/h5-12,22-24,26H,2-4,13-17H2,1H3;2H,1H3/t22-,23-,24-;/m1./s1. The minimum atomic E-state index is -0.249. The van der Waals surface area contributed by atoms with E-state index >= 15 is 0 Å². The molecule has 0 amide bonds. The summed E-state index contributed by atoms with van der Waals surface area (Å²) in [5.74, 6) is 0.871. The van der Waals surface area contributed by atoms with Crippen molar-refractivity contribution in [3.63, 3.8) is 0 Å². The van der Waals surface area contributed by atoms with E-state index in [0.717, 1.165) is 38.0 Å². The van der Waals surface area contributed by atoms with Crippen LogP contribution in [0.5, 0.6) is 5.75 Å². The number of nitrogens with zero attached hydrogens (tertiary/aromatic N) is 1. The van der Waals surface area contributed by atoms with Gasteiger partial charge in [-0.2, -0.15) is 0 Å². The van der Waals surface area contributed by atoms with Gasteiger partial charge < -0.3 is 19.4 Å². The number of likely N-dealkylation sites (tertiary alicyclic amines) is 1. The molecule has 1 aliphatic heterocycles. The first-order valence-electron chi connectivity index (χ1n) is 11.3. The number of carbonyl (C=O) groups is 1. The number of ether oxygens (including phenoxy) is 2. The number of hydrogen-bond acceptors (Lipinski definition) is 5. The number of aliphatic hydroxyl groups excluding tert-OH is 1. The van der Waals surface area contributed by atoms with E-state index < -0.39 is 0 Å². The molecule has 0 bridgehead atoms. The van der Waals surface area contributed by atoms with Crippen molar-refractivity contribution >= 4 is 6.29 Å². The highest BCUT2D eigenvalue weighted by Crippen LogP contribution is 2.30. The topological polar surface area (TPSA) is 59.0 Å². The number of benzene rings is 2. The highest BCUT2D eigenvalue weighted by atomic mass is 16.5. The lowest BCUT2D eigenvalue weighted by atomic mass is 10.0. The molecule has 5 nitrogen and oxygen atoms in total. The van der Waals surface area contributed by atoms with Crippen LogP contribution in [0.4, 0.5) is 0 Å². The Kier molecular flexibility index (Phi) is 9.07. The van der Waals surface area contributed by atoms with Gasteiger partial charge in [-0.1, -0.05) is 42.8 Å². The van der Waals surface area contributed by atoms with Crippen LogP contribution in [0.15, 0.2) is 48.5 Å². The fourth-order valence-electron chi connectivity index (χ4n) is 4.52. The van der Waals surface area contributed by atoms with Gasteiger partial charge in [0.1, 0.15) is 12.0 Å². The second-order valence-electron chi connectivity index (χ2n) is 8.30. The Hall–Kier alpha value is -2.21. The van der Waals surface area contributed by atoms with E-state index in [9.17, 15) is 5.11 Å². The smallest absolute Gasteiger partial charge is 0.118 e. The third-order valence-corrected chi connectivity index (χ3v) is 6.18. The van der Waals surface area contributed by atoms with Crippen LogP contribution in [0.1, 0.15) is 44.6 Å². The molecular formula is C26H35NO4. The molecule has 3 atom stereocenters. The Morgan fingerprint density at radius 3 is 2.13 bits per heavy atom. The quantitative estimate of drug-likeness (QED) is 0.693. The average molecular weight is 426 g/mol. The van der Waals surface area contributed by atoms with Crippen LogP contribution in [-0.2, 0) is 16.1 Å². The molecule has 2 aromatic rings. The number of aliphatic hydroxyl groups is 1. The zero-order valence-electron chi connectivity index (χ0n) is 18.7. The van der Waals surface area contributed by atoms with E-state index in [1.54, 1.807) is 7.11 Å². The molecule has 1 saturated carbocycles. The Morgan fingerprint density at radius 1 is 0.968 bits per heavy atom. The number of methoxy groups -OCH3 is 1. The number of hydrogen-bond donors (Lipinski definition) is 1. The molecule has 1 N–H and O–H groups in total. The van der Waals surface area contributed by atoms with Gasteiger partial charge in [0.25, 0.3) is 0 Å². The molecule has 168 valence electrons. The van der Waals surface area contributed by atoms with Gasteiger partial charge in [-0.05, 0) is 68.1 Å². The van der Waals surface area contributed by atoms with Crippen LogP contribution in [0, 0.1) is 0 Å². The first-order chi connectivity index (χ1) is 15.1. The van der Waals surface area contributed by atoms with Crippen molar-refractivity contribution in [3.8, 4) is 16.9 Å². The van der Waals surface area contributed by atoms with E-state index in [0.29, 0.717) is 6.61 Å². The van der Waals surface area contributed by atoms with E-state index in [-0.39, 0.29) is 18.2 Å². The number of aldehydes is 1. The summed E-state index contributed by atoms with van der Waals surface area (Å²) in [6, 6.07) is 16.9. The maximum Gasteiger partial charge on any atom is 0.118 e. The highest BCUT2D eigenvalue weighted by Gasteiger charge is 2.37. The van der Waals surface area contributed by atoms with Gasteiger partial charge >= 0.3 is 0 Å². The first-order valence-corrected chi connectivity index (χ1v) is 11.3. The van der Waals surface area contributed by atoms with Gasteiger partial charge in [-0.25, -0.2) is 0 Å². The minimum absolute atomic E-state index is 0.156. The van der Waals surface area contributed by atoms with Crippen molar-refractivity contribution in [3.05, 3.63) is 54.1 Å². The van der Waals surface area contributed by atoms with E-state index in [2.05, 4.69) is 41.3 Å². The van der Waals surface area contributed by atoms with Crippen LogP contribution >= 0.6 is 0 Å². The van der Waals surface area contributed by atoms with Gasteiger partial charge in [0.05, 0.1) is 25.9 Å². The zero-order valence-corrected chi connectivity index (χ0v) is 18.7. The maximum atomic E-state index is 10.5. The van der Waals surface area contributed by atoms with Crippen molar-refractivity contribution in [2.45, 2.75) is 63.9 Å². The van der Waals surface area contributed by atoms with Gasteiger partial charge in [0, 0.05) is 12.5 Å². The predicted octanol–water partition coefficient (Wildman–Crippen LogP) is 4.46. The molecular weight excluding hydrogens is 390 g/mol. The summed E-state index contributed by atoms with van der Waals surface area (Å²) < 4.78 is 11.4. The molecule has 2 fully saturated rings. The molecule has 5 heteroatoms. The Labute approximate surface area is 186 Å². The SMILES string of the molecule is CC=O.COc1ccc(-c2ccc(CO[C@H]3C[C@@H](O)[C@H](N4CCCCC4)C3)cc2)cc1. The van der Waals surface area contributed by atoms with Crippen molar-refractivity contribution in [2.24, 2.45) is 0 Å². The highest BCUT2D eigenvalue weighted by molar-refractivity contribution is 5.64. The van der Waals surface area contributed by atoms with Crippen LogP contribution in [-0.4, -0.2) is 54.7 Å². The van der Waals surface area contributed by atoms with Crippen molar-refractivity contribution < 1.29 is 19.4 Å². The zero-order chi connectivity index (χ0) is 22.1. The van der Waals surface area contributed by atoms with E-state index in [4.69, 9.17) is 14.3 Å². The summed E-state index contributed by atoms with van der Waals surface area (Å²) in [4.78, 5) is 11.3. The first kappa shape index (κ1) is 23.5. The molecule has 0 unspecified atom stereocenters. The van der Waals surface area contributed by atoms with Gasteiger partial charge in [-0.3, -0.25) is 4.90 Å². The molecule has 2 aliphatic rings. The molecule has 0 aromatic heterocycles. The molecule has 31 heavy (non-hydrogen) atoms. The summed E-state index contributed by atoms with van der Waals surface area (Å²) in [6.45, 7) is 4.30. The Bertz CT molecular complexity index is 784. The van der Waals surface area contributed by atoms with Crippen LogP contribution in [0.3, 0.4) is 0 Å². The van der Waals surface area contributed by atoms with Crippen LogP contribution in [0.2, 0.25) is 0 Å². The van der Waals surface area contributed by atoms with Crippen molar-refractivity contribution in [1.82, 2.24) is 4.90 Å². The van der Waals surface area contributed by atoms with Crippen LogP contribution < -0.4 is 4.74 Å². The summed E-state index contributed by atoms with van der Waals surface area (Å²) in [5, 5.41) is 10.5. The lowest BCUT2D eigenvalue weighted by Crippen LogP contribution is -2.43. The monoisotopic (exact) mass is 425 g/mol. The van der Waals surface area contributed by atoms with Gasteiger partial charge in [0.2, 0.25) is 0 Å². The molecule has 0 radical (unpaired) electrons. The summed E-state index contributed by atoms with van der Waals surface area (Å²) in [6.07, 6.45) is 6.20. The molecule has 1 aliphatic carbocycles. The fraction of sp³-hybridized carbons (Fsp3) is 0.500. The van der Waals surface area contributed by atoms with Crippen molar-refractivity contribution in [2.75, 3.05) is 20.2 Å². The maximum absolute atomic E-state index is 10.5. The summed E-state index contributed by atoms with van der Waals surface area (Å²) >= 11 is 0. The molecule has 0 spiro atoms. The third-order valence-electron chi connectivity index (χ3n) is 6.18. The lowest BCUT2D eigenvalue weighted by Gasteiger charge is -2.33. The predicted molar refractivity (Wildman–Crippen MR) is 123 cm³/mol. The number of carbonyl (C=O) groups excluding carboxylic acids is 1. The van der Waals surface area contributed by atoms with E-state index in [1.807, 2.05) is 12.1 Å². The van der Waals surface area contributed by atoms with Gasteiger partial charge in [-0.15, -0.1) is 0 Å². The molecule has 2 aromatic carbocycles. The molecule has 1 heterocycles. The molecule has 4 rings (SSSR count).